The molecule has 23 heavy (non-hydrogen) atoms. The number of ether oxygens (including phenoxy) is 2. The number of allylic oxidation sites excluding steroid dienone is 2. The van der Waals surface area contributed by atoms with Gasteiger partial charge >= 0.3 is 18.1 Å². The Labute approximate surface area is 128 Å². The molecule has 3 saturated carbocycles. The number of alkyl halides is 3. The van der Waals surface area contributed by atoms with Crippen molar-refractivity contribution >= 4 is 17.7 Å². The molecular weight excluding hydrogens is 317 g/mol. The normalized spacial score (nSPS) is 48.4. The third kappa shape index (κ3) is 1.01. The number of carbonyl (C=O) groups is 3. The third-order valence-corrected chi connectivity index (χ3v) is 6.47. The molecule has 4 aliphatic rings. The molecule has 0 saturated heterocycles. The highest BCUT2D eigenvalue weighted by Crippen LogP contribution is 2.96. The van der Waals surface area contributed by atoms with Crippen molar-refractivity contribution in [3.63, 3.8) is 0 Å². The highest BCUT2D eigenvalue weighted by Gasteiger charge is 3.06. The van der Waals surface area contributed by atoms with Crippen LogP contribution in [0, 0.1) is 34.0 Å². The van der Waals surface area contributed by atoms with E-state index in [2.05, 4.69) is 4.74 Å². The lowest BCUT2D eigenvalue weighted by atomic mass is 9.39. The zero-order valence-corrected chi connectivity index (χ0v) is 12.3. The lowest BCUT2D eigenvalue weighted by Crippen LogP contribution is -2.72. The molecule has 0 aromatic heterocycles. The Bertz CT molecular complexity index is 698. The van der Waals surface area contributed by atoms with Gasteiger partial charge in [0.25, 0.3) is 0 Å². The summed E-state index contributed by atoms with van der Waals surface area (Å²) in [6.07, 6.45) is -2.32. The van der Waals surface area contributed by atoms with E-state index in [0.717, 1.165) is 14.2 Å². The molecule has 0 radical (unpaired) electrons. The maximum absolute atomic E-state index is 13.8. The van der Waals surface area contributed by atoms with Gasteiger partial charge in [0, 0.05) is 0 Å². The van der Waals surface area contributed by atoms with Gasteiger partial charge in [-0.2, -0.15) is 13.2 Å². The van der Waals surface area contributed by atoms with Gasteiger partial charge in [-0.1, -0.05) is 12.2 Å². The van der Waals surface area contributed by atoms with Crippen molar-refractivity contribution in [3.8, 4) is 0 Å². The fourth-order valence-electron chi connectivity index (χ4n) is 5.93. The summed E-state index contributed by atoms with van der Waals surface area (Å²) >= 11 is 0. The lowest BCUT2D eigenvalue weighted by Gasteiger charge is -2.59. The first kappa shape index (κ1) is 14.7. The van der Waals surface area contributed by atoms with Crippen molar-refractivity contribution in [1.82, 2.24) is 0 Å². The first-order valence-electron chi connectivity index (χ1n) is 7.15. The SMILES string of the molecule is COC(=O)C12C3C=CC(C3=O)C1(C(=O)OC)C1(C(F)(F)F)CC21. The number of hydrogen-bond acceptors (Lipinski definition) is 5. The van der Waals surface area contributed by atoms with Crippen LogP contribution < -0.4 is 0 Å². The maximum Gasteiger partial charge on any atom is 0.396 e. The van der Waals surface area contributed by atoms with Gasteiger partial charge in [0.05, 0.1) is 31.5 Å². The number of carbonyl (C=O) groups excluding carboxylic acids is 3. The summed E-state index contributed by atoms with van der Waals surface area (Å²) in [6, 6.07) is 0. The minimum Gasteiger partial charge on any atom is -0.469 e. The summed E-state index contributed by atoms with van der Waals surface area (Å²) in [7, 11) is 2.02. The quantitative estimate of drug-likeness (QED) is 0.563. The van der Waals surface area contributed by atoms with Crippen LogP contribution in [-0.2, 0) is 23.9 Å². The van der Waals surface area contributed by atoms with Gasteiger partial charge in [0.1, 0.15) is 16.6 Å². The van der Waals surface area contributed by atoms with Crippen LogP contribution in [0.1, 0.15) is 6.42 Å². The number of rotatable bonds is 2. The fraction of sp³-hybridized carbons (Fsp3) is 0.667. The Morgan fingerprint density at radius 3 is 2.22 bits per heavy atom. The van der Waals surface area contributed by atoms with Crippen LogP contribution in [0.5, 0.6) is 0 Å². The van der Waals surface area contributed by atoms with E-state index in [1.807, 2.05) is 0 Å². The second-order valence-electron chi connectivity index (χ2n) is 6.63. The Morgan fingerprint density at radius 2 is 1.70 bits per heavy atom. The highest BCUT2D eigenvalue weighted by molar-refractivity contribution is 6.10. The van der Waals surface area contributed by atoms with E-state index in [4.69, 9.17) is 4.74 Å². The van der Waals surface area contributed by atoms with E-state index in [1.54, 1.807) is 0 Å². The van der Waals surface area contributed by atoms with E-state index in [-0.39, 0.29) is 6.42 Å². The summed E-state index contributed by atoms with van der Waals surface area (Å²) in [6.45, 7) is 0. The topological polar surface area (TPSA) is 69.7 Å². The van der Waals surface area contributed by atoms with E-state index < -0.39 is 57.9 Å². The number of ketones is 1. The molecule has 2 bridgehead atoms. The number of hydrogen-bond donors (Lipinski definition) is 0. The molecule has 4 rings (SSSR count). The van der Waals surface area contributed by atoms with E-state index in [0.29, 0.717) is 0 Å². The number of halogens is 3. The third-order valence-electron chi connectivity index (χ3n) is 6.47. The molecule has 6 atom stereocenters. The predicted molar refractivity (Wildman–Crippen MR) is 66.6 cm³/mol. The zero-order chi connectivity index (χ0) is 17.0. The smallest absolute Gasteiger partial charge is 0.396 e. The van der Waals surface area contributed by atoms with Crippen molar-refractivity contribution in [1.29, 1.82) is 0 Å². The van der Waals surface area contributed by atoms with Gasteiger partial charge in [0.2, 0.25) is 0 Å². The Hall–Kier alpha value is -1.86. The van der Waals surface area contributed by atoms with Crippen molar-refractivity contribution in [2.45, 2.75) is 12.6 Å². The minimum absolute atomic E-state index is 0.358. The fourth-order valence-corrected chi connectivity index (χ4v) is 5.93. The molecule has 0 spiro atoms. The summed E-state index contributed by atoms with van der Waals surface area (Å²) in [5, 5.41) is 0. The zero-order valence-electron chi connectivity index (χ0n) is 12.3. The van der Waals surface area contributed by atoms with Crippen molar-refractivity contribution in [3.05, 3.63) is 12.2 Å². The van der Waals surface area contributed by atoms with Crippen molar-refractivity contribution in [2.75, 3.05) is 14.2 Å². The van der Waals surface area contributed by atoms with E-state index in [1.165, 1.54) is 12.2 Å². The number of Topliss-reactive ketones (excluding diaryl/α,β-unsaturated/α-hetero) is 1. The van der Waals surface area contributed by atoms with Crippen LogP contribution in [0.2, 0.25) is 0 Å². The second kappa shape index (κ2) is 3.62. The summed E-state index contributed by atoms with van der Waals surface area (Å²) in [4.78, 5) is 37.5. The van der Waals surface area contributed by atoms with Crippen LogP contribution in [0.25, 0.3) is 0 Å². The van der Waals surface area contributed by atoms with E-state index >= 15 is 0 Å². The predicted octanol–water partition coefficient (Wildman–Crippen LogP) is 1.27. The molecule has 8 heteroatoms. The van der Waals surface area contributed by atoms with Gasteiger partial charge in [-0.15, -0.1) is 0 Å². The molecule has 0 aromatic rings. The molecule has 5 nitrogen and oxygen atoms in total. The van der Waals surface area contributed by atoms with Gasteiger partial charge < -0.3 is 9.47 Å². The van der Waals surface area contributed by atoms with Gasteiger partial charge in [-0.25, -0.2) is 0 Å². The van der Waals surface area contributed by atoms with Crippen LogP contribution in [0.15, 0.2) is 12.2 Å². The Morgan fingerprint density at radius 1 is 1.13 bits per heavy atom. The summed E-state index contributed by atoms with van der Waals surface area (Å²) < 4.78 is 50.8. The molecule has 0 heterocycles. The lowest BCUT2D eigenvalue weighted by molar-refractivity contribution is -0.303. The Kier molecular flexibility index (Phi) is 2.32. The van der Waals surface area contributed by atoms with Crippen LogP contribution in [-0.4, -0.2) is 38.1 Å². The van der Waals surface area contributed by atoms with Gasteiger partial charge in [0.15, 0.2) is 0 Å². The molecule has 124 valence electrons. The van der Waals surface area contributed by atoms with Gasteiger partial charge in [-0.3, -0.25) is 14.4 Å². The highest BCUT2D eigenvalue weighted by atomic mass is 19.4. The molecule has 0 N–H and O–H groups in total. The standard InChI is InChI=1S/C15H13F3O5/c1-22-10(20)13-6-3-4-7(9(6)19)14(13,11(21)23-2)12(5-8(12)13)15(16,17)18/h3-4,6-8H,5H2,1-2H3. The number of methoxy groups -OCH3 is 2. The van der Waals surface area contributed by atoms with Gasteiger partial charge in [-0.05, 0) is 12.3 Å². The molecule has 4 aliphatic carbocycles. The van der Waals surface area contributed by atoms with Crippen molar-refractivity contribution < 1.29 is 37.0 Å². The summed E-state index contributed by atoms with van der Waals surface area (Å²) in [5.41, 5.74) is -6.40. The second-order valence-corrected chi connectivity index (χ2v) is 6.63. The average Bonchev–Trinajstić information content (AvgIpc) is 3.04. The summed E-state index contributed by atoms with van der Waals surface area (Å²) in [5.74, 6) is -6.09. The molecule has 0 aromatic carbocycles. The van der Waals surface area contributed by atoms with Crippen molar-refractivity contribution in [2.24, 2.45) is 34.0 Å². The minimum atomic E-state index is -4.71. The molecule has 0 amide bonds. The first-order valence-corrected chi connectivity index (χ1v) is 7.15. The van der Waals surface area contributed by atoms with Crippen LogP contribution >= 0.6 is 0 Å². The first-order chi connectivity index (χ1) is 10.7. The molecule has 3 fully saturated rings. The molecule has 0 aliphatic heterocycles. The molecular formula is C15H13F3O5. The Balaban J connectivity index is 2.03. The van der Waals surface area contributed by atoms with Crippen LogP contribution in [0.3, 0.4) is 0 Å². The maximum atomic E-state index is 13.8. The molecule has 6 unspecified atom stereocenters. The number of fused-ring (bicyclic) bond motifs is 8. The largest absolute Gasteiger partial charge is 0.469 e. The van der Waals surface area contributed by atoms with Crippen LogP contribution in [0.4, 0.5) is 13.2 Å². The number of esters is 2. The monoisotopic (exact) mass is 330 g/mol. The average molecular weight is 330 g/mol. The van der Waals surface area contributed by atoms with E-state index in [9.17, 15) is 27.6 Å².